The molecular formula is C14H24N2O2S. The van der Waals surface area contributed by atoms with Crippen molar-refractivity contribution in [2.75, 3.05) is 40.9 Å². The average Bonchev–Trinajstić information content (AvgIpc) is 2.79. The minimum atomic E-state index is 0.192. The average molecular weight is 284 g/mol. The number of ether oxygens (including phenoxy) is 1. The molecule has 0 saturated carbocycles. The number of likely N-dealkylation sites (N-methyl/N-ethyl adjacent to an activating group) is 1. The molecule has 0 aliphatic carbocycles. The highest BCUT2D eigenvalue weighted by molar-refractivity contribution is 7.10. The van der Waals surface area contributed by atoms with E-state index in [0.717, 1.165) is 13.1 Å². The Labute approximate surface area is 120 Å². The molecule has 19 heavy (non-hydrogen) atoms. The minimum absolute atomic E-state index is 0.192. The van der Waals surface area contributed by atoms with Crippen molar-refractivity contribution in [3.8, 4) is 0 Å². The third-order valence-corrected chi connectivity index (χ3v) is 4.17. The van der Waals surface area contributed by atoms with E-state index >= 15 is 0 Å². The Bertz CT molecular complexity index is 393. The molecule has 0 radical (unpaired) electrons. The largest absolute Gasteiger partial charge is 0.383 e. The molecule has 0 aliphatic rings. The lowest BCUT2D eigenvalue weighted by atomic mass is 10.2. The standard InChI is InChI=1S/C14H24N2O2S/c1-12-6-10-19-13(12)11-16(3)14(17)5-7-15(2)8-9-18-4/h6,10H,5,7-9,11H2,1-4H3. The number of nitrogens with zero attached hydrogens (tertiary/aromatic N) is 2. The zero-order valence-corrected chi connectivity index (χ0v) is 13.1. The van der Waals surface area contributed by atoms with Gasteiger partial charge in [-0.3, -0.25) is 4.79 Å². The van der Waals surface area contributed by atoms with Crippen LogP contribution >= 0.6 is 11.3 Å². The fraction of sp³-hybridized carbons (Fsp3) is 0.643. The molecule has 4 nitrogen and oxygen atoms in total. The van der Waals surface area contributed by atoms with E-state index in [1.165, 1.54) is 10.4 Å². The predicted molar refractivity (Wildman–Crippen MR) is 79.5 cm³/mol. The molecule has 1 amide bonds. The van der Waals surface area contributed by atoms with E-state index in [1.807, 2.05) is 19.0 Å². The Hall–Kier alpha value is -0.910. The first-order chi connectivity index (χ1) is 9.04. The number of hydrogen-bond donors (Lipinski definition) is 0. The third kappa shape index (κ3) is 5.72. The molecule has 0 spiro atoms. The number of rotatable bonds is 8. The van der Waals surface area contributed by atoms with Gasteiger partial charge in [-0.1, -0.05) is 0 Å². The lowest BCUT2D eigenvalue weighted by Gasteiger charge is -2.20. The zero-order chi connectivity index (χ0) is 14.3. The monoisotopic (exact) mass is 284 g/mol. The summed E-state index contributed by atoms with van der Waals surface area (Å²) in [6.45, 7) is 5.13. The SMILES string of the molecule is COCCN(C)CCC(=O)N(C)Cc1sccc1C. The summed E-state index contributed by atoms with van der Waals surface area (Å²) in [7, 11) is 5.57. The smallest absolute Gasteiger partial charge is 0.223 e. The Kier molecular flexibility index (Phi) is 7.05. The maximum absolute atomic E-state index is 12.0. The first-order valence-corrected chi connectivity index (χ1v) is 7.37. The summed E-state index contributed by atoms with van der Waals surface area (Å²) < 4.78 is 5.01. The van der Waals surface area contributed by atoms with E-state index in [4.69, 9.17) is 4.74 Å². The van der Waals surface area contributed by atoms with Gasteiger partial charge in [0.2, 0.25) is 5.91 Å². The Morgan fingerprint density at radius 1 is 1.37 bits per heavy atom. The molecule has 1 aromatic heterocycles. The fourth-order valence-electron chi connectivity index (χ4n) is 1.71. The van der Waals surface area contributed by atoms with Crippen LogP contribution in [0.1, 0.15) is 16.9 Å². The third-order valence-electron chi connectivity index (χ3n) is 3.16. The molecule has 1 rings (SSSR count). The number of hydrogen-bond acceptors (Lipinski definition) is 4. The highest BCUT2D eigenvalue weighted by Crippen LogP contribution is 2.17. The van der Waals surface area contributed by atoms with Gasteiger partial charge in [0.05, 0.1) is 13.2 Å². The molecule has 1 aromatic rings. The van der Waals surface area contributed by atoms with Gasteiger partial charge >= 0.3 is 0 Å². The van der Waals surface area contributed by atoms with Crippen molar-refractivity contribution >= 4 is 17.2 Å². The van der Waals surface area contributed by atoms with Crippen LogP contribution in [0.2, 0.25) is 0 Å². The number of aryl methyl sites for hydroxylation is 1. The van der Waals surface area contributed by atoms with Gasteiger partial charge in [0.25, 0.3) is 0 Å². The van der Waals surface area contributed by atoms with Crippen LogP contribution < -0.4 is 0 Å². The van der Waals surface area contributed by atoms with Crippen molar-refractivity contribution < 1.29 is 9.53 Å². The molecular weight excluding hydrogens is 260 g/mol. The van der Waals surface area contributed by atoms with Crippen LogP contribution in [-0.4, -0.2) is 56.6 Å². The van der Waals surface area contributed by atoms with Crippen LogP contribution in [0.5, 0.6) is 0 Å². The molecule has 108 valence electrons. The number of methoxy groups -OCH3 is 1. The van der Waals surface area contributed by atoms with Crippen LogP contribution in [0.4, 0.5) is 0 Å². The molecule has 0 saturated heterocycles. The van der Waals surface area contributed by atoms with Crippen LogP contribution in [-0.2, 0) is 16.1 Å². The number of thiophene rings is 1. The molecule has 5 heteroatoms. The van der Waals surface area contributed by atoms with Gasteiger partial charge in [-0.2, -0.15) is 0 Å². The predicted octanol–water partition coefficient (Wildman–Crippen LogP) is 1.98. The summed E-state index contributed by atoms with van der Waals surface area (Å²) in [4.78, 5) is 17.2. The van der Waals surface area contributed by atoms with Crippen molar-refractivity contribution in [3.63, 3.8) is 0 Å². The molecule has 1 heterocycles. The van der Waals surface area contributed by atoms with Crippen molar-refractivity contribution in [3.05, 3.63) is 21.9 Å². The molecule has 0 aromatic carbocycles. The molecule has 0 aliphatic heterocycles. The second-order valence-electron chi connectivity index (χ2n) is 4.82. The summed E-state index contributed by atoms with van der Waals surface area (Å²) >= 11 is 1.71. The van der Waals surface area contributed by atoms with Crippen molar-refractivity contribution in [2.24, 2.45) is 0 Å². The van der Waals surface area contributed by atoms with Crippen LogP contribution in [0, 0.1) is 6.92 Å². The maximum atomic E-state index is 12.0. The van der Waals surface area contributed by atoms with E-state index in [-0.39, 0.29) is 5.91 Å². The Morgan fingerprint density at radius 2 is 2.11 bits per heavy atom. The molecule has 0 N–H and O–H groups in total. The van der Waals surface area contributed by atoms with Crippen LogP contribution in [0.15, 0.2) is 11.4 Å². The van der Waals surface area contributed by atoms with Gasteiger partial charge in [-0.25, -0.2) is 0 Å². The van der Waals surface area contributed by atoms with Gasteiger partial charge in [-0.15, -0.1) is 11.3 Å². The van der Waals surface area contributed by atoms with E-state index in [2.05, 4.69) is 23.3 Å². The minimum Gasteiger partial charge on any atom is -0.383 e. The van der Waals surface area contributed by atoms with E-state index in [9.17, 15) is 4.79 Å². The maximum Gasteiger partial charge on any atom is 0.223 e. The van der Waals surface area contributed by atoms with Gasteiger partial charge < -0.3 is 14.5 Å². The van der Waals surface area contributed by atoms with Gasteiger partial charge in [0.1, 0.15) is 0 Å². The summed E-state index contributed by atoms with van der Waals surface area (Å²) in [6, 6.07) is 2.09. The summed E-state index contributed by atoms with van der Waals surface area (Å²) in [5.74, 6) is 0.192. The summed E-state index contributed by atoms with van der Waals surface area (Å²) in [6.07, 6.45) is 0.557. The fourth-order valence-corrected chi connectivity index (χ4v) is 2.66. The van der Waals surface area contributed by atoms with Crippen LogP contribution in [0.25, 0.3) is 0 Å². The van der Waals surface area contributed by atoms with Crippen molar-refractivity contribution in [1.29, 1.82) is 0 Å². The Balaban J connectivity index is 2.31. The molecule has 0 unspecified atom stereocenters. The first-order valence-electron chi connectivity index (χ1n) is 6.49. The lowest BCUT2D eigenvalue weighted by Crippen LogP contribution is -2.31. The van der Waals surface area contributed by atoms with Crippen molar-refractivity contribution in [2.45, 2.75) is 19.9 Å². The number of amides is 1. The topological polar surface area (TPSA) is 32.8 Å². The van der Waals surface area contributed by atoms with Gasteiger partial charge in [0, 0.05) is 38.5 Å². The second kappa shape index (κ2) is 8.30. The molecule has 0 fully saturated rings. The molecule has 0 bridgehead atoms. The normalized spacial score (nSPS) is 11.0. The first kappa shape index (κ1) is 16.1. The van der Waals surface area contributed by atoms with Crippen molar-refractivity contribution in [1.82, 2.24) is 9.80 Å². The lowest BCUT2D eigenvalue weighted by molar-refractivity contribution is -0.130. The van der Waals surface area contributed by atoms with E-state index in [1.54, 1.807) is 18.4 Å². The van der Waals surface area contributed by atoms with Gasteiger partial charge in [-0.05, 0) is 31.0 Å². The number of carbonyl (C=O) groups is 1. The van der Waals surface area contributed by atoms with Gasteiger partial charge in [0.15, 0.2) is 0 Å². The Morgan fingerprint density at radius 3 is 2.68 bits per heavy atom. The highest BCUT2D eigenvalue weighted by Gasteiger charge is 2.12. The van der Waals surface area contributed by atoms with E-state index in [0.29, 0.717) is 19.6 Å². The highest BCUT2D eigenvalue weighted by atomic mass is 32.1. The van der Waals surface area contributed by atoms with Crippen LogP contribution in [0.3, 0.4) is 0 Å². The number of carbonyl (C=O) groups excluding carboxylic acids is 1. The summed E-state index contributed by atoms with van der Waals surface area (Å²) in [5, 5.41) is 2.07. The summed E-state index contributed by atoms with van der Waals surface area (Å²) in [5.41, 5.74) is 1.27. The second-order valence-corrected chi connectivity index (χ2v) is 5.82. The quantitative estimate of drug-likeness (QED) is 0.732. The molecule has 0 atom stereocenters. The van der Waals surface area contributed by atoms with E-state index < -0.39 is 0 Å². The zero-order valence-electron chi connectivity index (χ0n) is 12.3.